The van der Waals surface area contributed by atoms with E-state index < -0.39 is 17.8 Å². The fourth-order valence-electron chi connectivity index (χ4n) is 8.56. The zero-order valence-electron chi connectivity index (χ0n) is 21.0. The van der Waals surface area contributed by atoms with Gasteiger partial charge in [0.15, 0.2) is 0 Å². The molecule has 6 heteroatoms. The van der Waals surface area contributed by atoms with E-state index in [0.29, 0.717) is 5.92 Å². The second-order valence-corrected chi connectivity index (χ2v) is 12.1. The number of aromatic nitrogens is 2. The van der Waals surface area contributed by atoms with E-state index in [1.54, 1.807) is 0 Å². The van der Waals surface area contributed by atoms with Crippen molar-refractivity contribution in [3.05, 3.63) is 58.8 Å². The number of H-pyrrole nitrogens is 1. The predicted molar refractivity (Wildman–Crippen MR) is 136 cm³/mol. The van der Waals surface area contributed by atoms with Crippen molar-refractivity contribution in [1.29, 1.82) is 0 Å². The van der Waals surface area contributed by atoms with Gasteiger partial charge in [-0.25, -0.2) is 0 Å². The molecule has 1 aromatic carbocycles. The molecule has 3 N–H and O–H groups in total. The molecule has 35 heavy (non-hydrogen) atoms. The molecule has 1 saturated carbocycles. The topological polar surface area (TPSA) is 81.6 Å². The molecule has 2 fully saturated rings. The Morgan fingerprint density at radius 2 is 2.03 bits per heavy atom. The summed E-state index contributed by atoms with van der Waals surface area (Å²) in [6.45, 7) is 4.68. The van der Waals surface area contributed by atoms with Crippen LogP contribution in [0.15, 0.2) is 53.3 Å². The van der Waals surface area contributed by atoms with Crippen LogP contribution in [0.3, 0.4) is 0 Å². The minimum absolute atomic E-state index is 0.0182. The second-order valence-electron chi connectivity index (χ2n) is 12.1. The molecule has 1 aromatic heterocycles. The third-order valence-electron chi connectivity index (χ3n) is 10.1. The zero-order valence-corrected chi connectivity index (χ0v) is 21.0. The van der Waals surface area contributed by atoms with Crippen molar-refractivity contribution < 1.29 is 14.9 Å². The van der Waals surface area contributed by atoms with Crippen molar-refractivity contribution in [2.75, 3.05) is 14.1 Å². The molecule has 0 amide bonds. The van der Waals surface area contributed by atoms with Crippen molar-refractivity contribution in [1.82, 2.24) is 15.1 Å². The minimum atomic E-state index is -0.889. The smallest absolute Gasteiger partial charge is 0.105 e. The molecule has 7 unspecified atom stereocenters. The lowest BCUT2D eigenvalue weighted by Gasteiger charge is -2.56. The predicted octanol–water partition coefficient (Wildman–Crippen LogP) is 3.98. The molecule has 7 rings (SSSR count). The van der Waals surface area contributed by atoms with Crippen LogP contribution in [0.4, 0.5) is 0 Å². The maximum Gasteiger partial charge on any atom is 0.105 e. The lowest BCUT2D eigenvalue weighted by atomic mass is 9.56. The second kappa shape index (κ2) is 6.94. The fourth-order valence-corrected chi connectivity index (χ4v) is 8.56. The average molecular weight is 474 g/mol. The molecule has 7 atom stereocenters. The number of benzene rings is 1. The summed E-state index contributed by atoms with van der Waals surface area (Å²) >= 11 is 0. The summed E-state index contributed by atoms with van der Waals surface area (Å²) in [5.41, 5.74) is 6.42. The van der Waals surface area contributed by atoms with Gasteiger partial charge in [-0.3, -0.25) is 5.10 Å². The van der Waals surface area contributed by atoms with Crippen LogP contribution >= 0.6 is 0 Å². The van der Waals surface area contributed by atoms with Crippen molar-refractivity contribution in [2.24, 2.45) is 11.3 Å². The molecule has 2 aromatic rings. The summed E-state index contributed by atoms with van der Waals surface area (Å²) in [5, 5.41) is 30.6. The molecule has 3 aliphatic carbocycles. The number of aliphatic hydroxyl groups excluding tert-OH is 2. The molecule has 184 valence electrons. The monoisotopic (exact) mass is 473 g/mol. The Bertz CT molecular complexity index is 1340. The van der Waals surface area contributed by atoms with Crippen LogP contribution < -0.4 is 0 Å². The summed E-state index contributed by atoms with van der Waals surface area (Å²) in [4.78, 5) is 2.04. The molecule has 6 nitrogen and oxygen atoms in total. The number of aliphatic hydroxyl groups is 2. The molecule has 2 aliphatic heterocycles. The first-order valence-electron chi connectivity index (χ1n) is 13.0. The normalized spacial score (nSPS) is 42.1. The largest absolute Gasteiger partial charge is 0.388 e. The van der Waals surface area contributed by atoms with Crippen molar-refractivity contribution >= 4 is 16.5 Å². The number of ether oxygens (including phenoxy) is 1. The third kappa shape index (κ3) is 2.66. The summed E-state index contributed by atoms with van der Waals surface area (Å²) < 4.78 is 7.30. The summed E-state index contributed by atoms with van der Waals surface area (Å²) in [6, 6.07) is 6.50. The maximum absolute atomic E-state index is 11.2. The Morgan fingerprint density at radius 1 is 1.20 bits per heavy atom. The van der Waals surface area contributed by atoms with Crippen LogP contribution in [-0.4, -0.2) is 68.9 Å². The van der Waals surface area contributed by atoms with E-state index in [-0.39, 0.29) is 17.1 Å². The number of hydrogen-bond donors (Lipinski definition) is 3. The lowest BCUT2D eigenvalue weighted by Crippen LogP contribution is -2.62. The highest BCUT2D eigenvalue weighted by Gasteiger charge is 2.68. The Balaban J connectivity index is 1.34. The minimum Gasteiger partial charge on any atom is -0.388 e. The van der Waals surface area contributed by atoms with Crippen LogP contribution in [0.2, 0.25) is 0 Å². The Morgan fingerprint density at radius 3 is 2.83 bits per heavy atom. The van der Waals surface area contributed by atoms with Crippen LogP contribution in [0.5, 0.6) is 0 Å². The van der Waals surface area contributed by atoms with Gasteiger partial charge in [-0.15, -0.1) is 0 Å². The summed E-state index contributed by atoms with van der Waals surface area (Å²) in [6.07, 6.45) is 9.45. The number of hydrogen-bond acceptors (Lipinski definition) is 5. The van der Waals surface area contributed by atoms with Crippen molar-refractivity contribution in [2.45, 2.75) is 75.4 Å². The number of aromatic amines is 1. The molecule has 5 aliphatic rings. The highest BCUT2D eigenvalue weighted by molar-refractivity contribution is 5.85. The van der Waals surface area contributed by atoms with E-state index in [9.17, 15) is 10.2 Å². The highest BCUT2D eigenvalue weighted by atomic mass is 16.5. The molecule has 3 heterocycles. The van der Waals surface area contributed by atoms with Crippen molar-refractivity contribution in [3.8, 4) is 0 Å². The number of rotatable bonds is 2. The van der Waals surface area contributed by atoms with Gasteiger partial charge in [0.1, 0.15) is 6.10 Å². The van der Waals surface area contributed by atoms with Crippen LogP contribution in [-0.2, 0) is 4.74 Å². The van der Waals surface area contributed by atoms with Gasteiger partial charge in [0, 0.05) is 22.8 Å². The Kier molecular flexibility index (Phi) is 4.36. The number of nitrogens with zero attached hydrogens (tertiary/aromatic N) is 2. The SMILES string of the molecule is CC1=C2C=C3C(O)C(O)C(N(C)C)CC34CCC2(O4)C2CC=C(c3ccc4[nH]ncc4c3)C2(C)C1. The molecule has 0 radical (unpaired) electrons. The number of likely N-dealkylation sites (N-methyl/N-ethyl adjacent to an activating group) is 1. The van der Waals surface area contributed by atoms with Gasteiger partial charge >= 0.3 is 0 Å². The first-order valence-corrected chi connectivity index (χ1v) is 13.0. The molecule has 2 bridgehead atoms. The summed E-state index contributed by atoms with van der Waals surface area (Å²) in [5.74, 6) is 0.350. The molecular formula is C29H35N3O3. The number of nitrogens with one attached hydrogen (secondary N) is 1. The van der Waals surface area contributed by atoms with Gasteiger partial charge < -0.3 is 19.8 Å². The van der Waals surface area contributed by atoms with E-state index in [2.05, 4.69) is 54.4 Å². The van der Waals surface area contributed by atoms with Crippen LogP contribution in [0, 0.1) is 11.3 Å². The van der Waals surface area contributed by atoms with Gasteiger partial charge in [-0.05, 0) is 87.5 Å². The third-order valence-corrected chi connectivity index (χ3v) is 10.1. The first-order chi connectivity index (χ1) is 16.7. The number of allylic oxidation sites excluding steroid dienone is 3. The van der Waals surface area contributed by atoms with E-state index in [4.69, 9.17) is 4.74 Å². The van der Waals surface area contributed by atoms with E-state index in [1.165, 1.54) is 22.3 Å². The Hall–Kier alpha value is -2.25. The maximum atomic E-state index is 11.2. The van der Waals surface area contributed by atoms with Crippen molar-refractivity contribution in [3.63, 3.8) is 0 Å². The van der Waals surface area contributed by atoms with Crippen LogP contribution in [0.1, 0.15) is 51.5 Å². The van der Waals surface area contributed by atoms with E-state index in [1.807, 2.05) is 25.2 Å². The van der Waals surface area contributed by atoms with Crippen LogP contribution in [0.25, 0.3) is 16.5 Å². The summed E-state index contributed by atoms with van der Waals surface area (Å²) in [7, 11) is 3.97. The quantitative estimate of drug-likeness (QED) is 0.615. The standard InChI is InChI=1S/C29H35N3O3/c1-16-13-27(2)19(17-5-7-22-18(11-17)15-30-31-22)6-8-24(27)29-10-9-28(35-29)14-23(32(3)4)26(34)25(33)21(28)12-20(16)29/h5-7,11-12,15,23-26,33-34H,8-10,13-14H2,1-4H3,(H,30,31). The molecule has 1 saturated heterocycles. The fraction of sp³-hybridized carbons (Fsp3) is 0.552. The number of fused-ring (bicyclic) bond motifs is 2. The molecular weight excluding hydrogens is 438 g/mol. The Labute approximate surface area is 206 Å². The van der Waals surface area contributed by atoms with E-state index in [0.717, 1.165) is 48.6 Å². The zero-order chi connectivity index (χ0) is 24.3. The first kappa shape index (κ1) is 22.0. The van der Waals surface area contributed by atoms with Gasteiger partial charge in [0.25, 0.3) is 0 Å². The lowest BCUT2D eigenvalue weighted by molar-refractivity contribution is -0.162. The van der Waals surface area contributed by atoms with Gasteiger partial charge in [-0.1, -0.05) is 30.7 Å². The highest BCUT2D eigenvalue weighted by Crippen LogP contribution is 2.69. The van der Waals surface area contributed by atoms with Gasteiger partial charge in [0.2, 0.25) is 0 Å². The van der Waals surface area contributed by atoms with Gasteiger partial charge in [-0.2, -0.15) is 5.10 Å². The van der Waals surface area contributed by atoms with Gasteiger partial charge in [0.05, 0.1) is 29.0 Å². The molecule has 2 spiro atoms. The average Bonchev–Trinajstić information content (AvgIpc) is 3.50. The van der Waals surface area contributed by atoms with E-state index >= 15 is 0 Å².